The first-order valence-electron chi connectivity index (χ1n) is 9.64. The summed E-state index contributed by atoms with van der Waals surface area (Å²) in [7, 11) is 2.59. The van der Waals surface area contributed by atoms with E-state index < -0.39 is 0 Å². The minimum Gasteiger partial charge on any atom is -0.380 e. The van der Waals surface area contributed by atoms with Gasteiger partial charge in [-0.1, -0.05) is 33.1 Å². The fourth-order valence-corrected chi connectivity index (χ4v) is 3.80. The molecule has 0 amide bonds. The molecule has 0 atom stereocenters. The average Bonchev–Trinajstić information content (AvgIpc) is 3.07. The standard InChI is InChI=1S/C22H24N5OP/c1-14(29-4)25-18-12-16(8-9-17(18)13-28-3)19-20-21(23-2)24-10-11-27(20)22(26-19)15-6-5-7-15/h8-12,15H,2,4-7,13H2,1,3H3. The van der Waals surface area contributed by atoms with Crippen molar-refractivity contribution in [2.24, 2.45) is 9.98 Å². The molecule has 2 heterocycles. The van der Waals surface area contributed by atoms with Gasteiger partial charge < -0.3 is 4.74 Å². The third-order valence-corrected chi connectivity index (χ3v) is 5.91. The lowest BCUT2D eigenvalue weighted by atomic mass is 9.85. The Hall–Kier alpha value is -2.69. The van der Waals surface area contributed by atoms with E-state index in [9.17, 15) is 0 Å². The van der Waals surface area contributed by atoms with Crippen LogP contribution in [0.3, 0.4) is 0 Å². The summed E-state index contributed by atoms with van der Waals surface area (Å²) in [6.07, 6.45) is 11.2. The molecule has 4 rings (SSSR count). The molecular weight excluding hydrogens is 381 g/mol. The summed E-state index contributed by atoms with van der Waals surface area (Å²) in [6.45, 7) is 6.18. The second-order valence-corrected chi connectivity index (χ2v) is 8.13. The maximum atomic E-state index is 5.35. The van der Waals surface area contributed by atoms with Crippen molar-refractivity contribution in [2.75, 3.05) is 7.11 Å². The van der Waals surface area contributed by atoms with Crippen molar-refractivity contribution >= 4 is 43.7 Å². The first kappa shape index (κ1) is 19.6. The SMILES string of the molecule is C=Nc1nccn2c(C3CCC3)nc(-c3ccc(COC)c(N=C(C)P=C)c3)c12. The highest BCUT2D eigenvalue weighted by Gasteiger charge is 2.27. The van der Waals surface area contributed by atoms with E-state index in [1.54, 1.807) is 13.3 Å². The number of hydrogen-bond donors (Lipinski definition) is 0. The quantitative estimate of drug-likeness (QED) is 0.381. The van der Waals surface area contributed by atoms with Crippen LogP contribution in [0.2, 0.25) is 0 Å². The Bertz CT molecular complexity index is 1110. The number of aliphatic imine (C=N–C) groups is 2. The maximum absolute atomic E-state index is 5.35. The van der Waals surface area contributed by atoms with Gasteiger partial charge in [0, 0.05) is 36.5 Å². The minimum atomic E-state index is 0.480. The monoisotopic (exact) mass is 405 g/mol. The third-order valence-electron chi connectivity index (χ3n) is 5.35. The molecule has 6 nitrogen and oxygen atoms in total. The lowest BCUT2D eigenvalue weighted by Gasteiger charge is -2.23. The fourth-order valence-electron chi connectivity index (χ4n) is 3.62. The Morgan fingerprint density at radius 1 is 1.38 bits per heavy atom. The van der Waals surface area contributed by atoms with Gasteiger partial charge in [0.05, 0.1) is 17.7 Å². The summed E-state index contributed by atoms with van der Waals surface area (Å²) in [4.78, 5) is 18.4. The molecule has 0 bridgehead atoms. The molecule has 0 aliphatic heterocycles. The van der Waals surface area contributed by atoms with E-state index in [2.05, 4.69) is 45.6 Å². The van der Waals surface area contributed by atoms with E-state index in [4.69, 9.17) is 14.7 Å². The van der Waals surface area contributed by atoms with Crippen LogP contribution in [0.1, 0.15) is 43.5 Å². The zero-order chi connectivity index (χ0) is 20.4. The average molecular weight is 405 g/mol. The van der Waals surface area contributed by atoms with E-state index in [1.807, 2.05) is 13.1 Å². The zero-order valence-corrected chi connectivity index (χ0v) is 17.7. The molecule has 0 N–H and O–H groups in total. The zero-order valence-electron chi connectivity index (χ0n) is 16.8. The predicted octanol–water partition coefficient (Wildman–Crippen LogP) is 5.57. The summed E-state index contributed by atoms with van der Waals surface area (Å²) >= 11 is 0. The third kappa shape index (κ3) is 3.66. The van der Waals surface area contributed by atoms with Crippen LogP contribution >= 0.6 is 8.20 Å². The van der Waals surface area contributed by atoms with Gasteiger partial charge in [-0.25, -0.2) is 20.0 Å². The molecule has 148 valence electrons. The maximum Gasteiger partial charge on any atom is 0.178 e. The number of benzene rings is 1. The van der Waals surface area contributed by atoms with Crippen molar-refractivity contribution < 1.29 is 4.74 Å². The molecule has 1 aliphatic carbocycles. The van der Waals surface area contributed by atoms with Crippen molar-refractivity contribution in [1.82, 2.24) is 14.4 Å². The van der Waals surface area contributed by atoms with E-state index in [0.717, 1.165) is 47.5 Å². The smallest absolute Gasteiger partial charge is 0.178 e. The number of aromatic nitrogens is 3. The Kier molecular flexibility index (Phi) is 5.65. The summed E-state index contributed by atoms with van der Waals surface area (Å²) < 4.78 is 7.48. The molecule has 1 fully saturated rings. The second-order valence-electron chi connectivity index (χ2n) is 7.17. The van der Waals surface area contributed by atoms with Crippen LogP contribution in [0.25, 0.3) is 16.8 Å². The van der Waals surface area contributed by atoms with Crippen LogP contribution < -0.4 is 0 Å². The number of ether oxygens (including phenoxy) is 1. The van der Waals surface area contributed by atoms with E-state index in [-0.39, 0.29) is 0 Å². The molecule has 29 heavy (non-hydrogen) atoms. The molecule has 1 aliphatic rings. The largest absolute Gasteiger partial charge is 0.380 e. The predicted molar refractivity (Wildman–Crippen MR) is 122 cm³/mol. The van der Waals surface area contributed by atoms with Crippen LogP contribution in [-0.2, 0) is 11.3 Å². The number of nitrogens with zero attached hydrogens (tertiary/aromatic N) is 5. The van der Waals surface area contributed by atoms with E-state index in [0.29, 0.717) is 18.3 Å². The first-order chi connectivity index (χ1) is 14.2. The van der Waals surface area contributed by atoms with Gasteiger partial charge in [-0.3, -0.25) is 4.40 Å². The summed E-state index contributed by atoms with van der Waals surface area (Å²) in [5.41, 5.74) is 5.60. The Morgan fingerprint density at radius 2 is 2.21 bits per heavy atom. The number of hydrogen-bond acceptors (Lipinski definition) is 5. The van der Waals surface area contributed by atoms with Crippen LogP contribution in [0, 0.1) is 0 Å². The van der Waals surface area contributed by atoms with Crippen LogP contribution in [0.4, 0.5) is 11.5 Å². The van der Waals surface area contributed by atoms with Gasteiger partial charge in [-0.2, -0.15) is 0 Å². The molecule has 0 unspecified atom stereocenters. The van der Waals surface area contributed by atoms with Gasteiger partial charge in [-0.05, 0) is 32.5 Å². The van der Waals surface area contributed by atoms with Crippen LogP contribution in [-0.4, -0.2) is 39.9 Å². The number of imidazole rings is 1. The van der Waals surface area contributed by atoms with Gasteiger partial charge in [0.1, 0.15) is 17.0 Å². The highest BCUT2D eigenvalue weighted by molar-refractivity contribution is 7.56. The molecule has 2 aromatic heterocycles. The Labute approximate surface area is 172 Å². The van der Waals surface area contributed by atoms with Crippen LogP contribution in [0.5, 0.6) is 0 Å². The van der Waals surface area contributed by atoms with Gasteiger partial charge in [-0.15, -0.1) is 0 Å². The van der Waals surface area contributed by atoms with Gasteiger partial charge in [0.2, 0.25) is 0 Å². The van der Waals surface area contributed by atoms with Crippen molar-refractivity contribution in [1.29, 1.82) is 0 Å². The molecule has 7 heteroatoms. The highest BCUT2D eigenvalue weighted by Crippen LogP contribution is 2.40. The molecule has 3 aromatic rings. The number of methoxy groups -OCH3 is 1. The van der Waals surface area contributed by atoms with Crippen molar-refractivity contribution in [3.63, 3.8) is 0 Å². The molecule has 1 aromatic carbocycles. The van der Waals surface area contributed by atoms with E-state index >= 15 is 0 Å². The summed E-state index contributed by atoms with van der Waals surface area (Å²) in [6, 6.07) is 6.18. The van der Waals surface area contributed by atoms with Crippen molar-refractivity contribution in [3.8, 4) is 11.3 Å². The normalized spacial score (nSPS) is 15.0. The topological polar surface area (TPSA) is 64.1 Å². The van der Waals surface area contributed by atoms with Gasteiger partial charge >= 0.3 is 0 Å². The molecule has 0 saturated heterocycles. The van der Waals surface area contributed by atoms with Gasteiger partial charge in [0.25, 0.3) is 0 Å². The molecule has 1 saturated carbocycles. The number of fused-ring (bicyclic) bond motifs is 1. The molecule has 0 spiro atoms. The molecular formula is C22H24N5OP. The van der Waals surface area contributed by atoms with Gasteiger partial charge in [0.15, 0.2) is 5.82 Å². The molecule has 0 radical (unpaired) electrons. The second kappa shape index (κ2) is 8.36. The Balaban J connectivity index is 1.93. The first-order valence-corrected chi connectivity index (χ1v) is 10.7. The Morgan fingerprint density at radius 3 is 2.86 bits per heavy atom. The lowest BCUT2D eigenvalue weighted by molar-refractivity contribution is 0.185. The highest BCUT2D eigenvalue weighted by atomic mass is 31.1. The summed E-state index contributed by atoms with van der Waals surface area (Å²) in [5, 5.41) is 0. The van der Waals surface area contributed by atoms with E-state index in [1.165, 1.54) is 19.3 Å². The van der Waals surface area contributed by atoms with Crippen molar-refractivity contribution in [2.45, 2.75) is 38.7 Å². The van der Waals surface area contributed by atoms with Crippen LogP contribution in [0.15, 0.2) is 40.6 Å². The number of rotatable bonds is 7. The minimum absolute atomic E-state index is 0.480. The summed E-state index contributed by atoms with van der Waals surface area (Å²) in [5.74, 6) is 2.15. The lowest BCUT2D eigenvalue weighted by Crippen LogP contribution is -2.12. The van der Waals surface area contributed by atoms with Crippen molar-refractivity contribution in [3.05, 3.63) is 42.0 Å². The fraction of sp³-hybridized carbons (Fsp3) is 0.318.